The summed E-state index contributed by atoms with van der Waals surface area (Å²) in [5, 5.41) is 8.02. The molecule has 3 N–H and O–H groups in total. The molecule has 0 spiro atoms. The van der Waals surface area contributed by atoms with Gasteiger partial charge < -0.3 is 10.1 Å². The largest absolute Gasteiger partial charge is 0.492 e. The van der Waals surface area contributed by atoms with Crippen molar-refractivity contribution in [1.29, 1.82) is 0 Å². The number of primary sulfonamides is 1. The molecule has 0 aliphatic carbocycles. The number of hydrogen-bond donors (Lipinski definition) is 2. The molecule has 0 unspecified atom stereocenters. The Labute approximate surface area is 125 Å². The molecule has 0 heterocycles. The monoisotopic (exact) mass is 314 g/mol. The second-order valence-corrected chi connectivity index (χ2v) is 6.16. The molecule has 0 bridgehead atoms. The van der Waals surface area contributed by atoms with Gasteiger partial charge >= 0.3 is 0 Å². The number of sulfonamides is 1. The number of benzene rings is 1. The first-order valence-electron chi connectivity index (χ1n) is 6.93. The van der Waals surface area contributed by atoms with Gasteiger partial charge in [-0.05, 0) is 38.0 Å². The lowest BCUT2D eigenvalue weighted by molar-refractivity contribution is 0.0934. The maximum Gasteiger partial charge on any atom is 0.251 e. The summed E-state index contributed by atoms with van der Waals surface area (Å²) in [5.41, 5.74) is 0.245. The van der Waals surface area contributed by atoms with Crippen LogP contribution in [0.15, 0.2) is 23.1 Å². The first kappa shape index (κ1) is 17.5. The van der Waals surface area contributed by atoms with Gasteiger partial charge in [0.2, 0.25) is 10.0 Å². The van der Waals surface area contributed by atoms with E-state index in [1.807, 2.05) is 13.8 Å². The maximum absolute atomic E-state index is 12.1. The van der Waals surface area contributed by atoms with E-state index in [0.717, 1.165) is 12.8 Å². The summed E-state index contributed by atoms with van der Waals surface area (Å²) in [6.45, 7) is 5.99. The van der Waals surface area contributed by atoms with E-state index in [0.29, 0.717) is 6.61 Å². The molecule has 1 rings (SSSR count). The van der Waals surface area contributed by atoms with E-state index in [-0.39, 0.29) is 28.2 Å². The van der Waals surface area contributed by atoms with Gasteiger partial charge in [-0.1, -0.05) is 13.8 Å². The van der Waals surface area contributed by atoms with Gasteiger partial charge in [0.05, 0.1) is 6.61 Å². The lowest BCUT2D eigenvalue weighted by Gasteiger charge is -2.15. The van der Waals surface area contributed by atoms with E-state index in [1.54, 1.807) is 6.92 Å². The highest BCUT2D eigenvalue weighted by molar-refractivity contribution is 7.89. The SMILES string of the molecule is CCOc1ccc(C(=O)NC(CC)CC)cc1S(N)(=O)=O. The number of nitrogens with two attached hydrogens (primary N) is 1. The Hall–Kier alpha value is -1.60. The van der Waals surface area contributed by atoms with E-state index < -0.39 is 10.0 Å². The third-order valence-electron chi connectivity index (χ3n) is 3.13. The fraction of sp³-hybridized carbons (Fsp3) is 0.500. The Balaban J connectivity index is 3.13. The molecular formula is C14H22N2O4S. The number of amides is 1. The smallest absolute Gasteiger partial charge is 0.251 e. The van der Waals surface area contributed by atoms with Crippen molar-refractivity contribution < 1.29 is 17.9 Å². The molecule has 0 aromatic heterocycles. The number of carbonyl (C=O) groups excluding carboxylic acids is 1. The standard InChI is InChI=1S/C14H22N2O4S/c1-4-11(5-2)16-14(17)10-7-8-12(20-6-3)13(9-10)21(15,18)19/h7-9,11H,4-6H2,1-3H3,(H,16,17)(H2,15,18,19). The lowest BCUT2D eigenvalue weighted by Crippen LogP contribution is -2.33. The summed E-state index contributed by atoms with van der Waals surface area (Å²) >= 11 is 0. The summed E-state index contributed by atoms with van der Waals surface area (Å²) in [6.07, 6.45) is 1.61. The number of ether oxygens (including phenoxy) is 1. The zero-order valence-corrected chi connectivity index (χ0v) is 13.4. The van der Waals surface area contributed by atoms with Crippen LogP contribution in [0.2, 0.25) is 0 Å². The normalized spacial score (nSPS) is 11.5. The molecule has 0 saturated carbocycles. The molecule has 0 saturated heterocycles. The van der Waals surface area contributed by atoms with Crippen molar-refractivity contribution in [2.75, 3.05) is 6.61 Å². The van der Waals surface area contributed by atoms with Crippen LogP contribution in [0.25, 0.3) is 0 Å². The van der Waals surface area contributed by atoms with Crippen LogP contribution in [-0.2, 0) is 10.0 Å². The van der Waals surface area contributed by atoms with Crippen LogP contribution in [0, 0.1) is 0 Å². The molecule has 1 aromatic rings. The maximum atomic E-state index is 12.1. The van der Waals surface area contributed by atoms with Crippen molar-refractivity contribution in [1.82, 2.24) is 5.32 Å². The van der Waals surface area contributed by atoms with Gasteiger partial charge in [-0.15, -0.1) is 0 Å². The Bertz CT molecular complexity index is 595. The van der Waals surface area contributed by atoms with E-state index in [4.69, 9.17) is 9.88 Å². The third-order valence-corrected chi connectivity index (χ3v) is 4.07. The quantitative estimate of drug-likeness (QED) is 0.799. The summed E-state index contributed by atoms with van der Waals surface area (Å²) in [4.78, 5) is 12.0. The first-order valence-corrected chi connectivity index (χ1v) is 8.48. The van der Waals surface area contributed by atoms with E-state index in [9.17, 15) is 13.2 Å². The Morgan fingerprint density at radius 1 is 1.29 bits per heavy atom. The zero-order valence-electron chi connectivity index (χ0n) is 12.5. The van der Waals surface area contributed by atoms with Crippen LogP contribution in [0.1, 0.15) is 44.0 Å². The van der Waals surface area contributed by atoms with Crippen molar-refractivity contribution in [2.24, 2.45) is 5.14 Å². The predicted octanol–water partition coefficient (Wildman–Crippen LogP) is 1.65. The Morgan fingerprint density at radius 3 is 2.38 bits per heavy atom. The van der Waals surface area contributed by atoms with Crippen molar-refractivity contribution in [3.05, 3.63) is 23.8 Å². The van der Waals surface area contributed by atoms with Crippen LogP contribution in [-0.4, -0.2) is 27.0 Å². The minimum Gasteiger partial charge on any atom is -0.492 e. The van der Waals surface area contributed by atoms with Gasteiger partial charge in [-0.2, -0.15) is 0 Å². The predicted molar refractivity (Wildman–Crippen MR) is 80.8 cm³/mol. The second kappa shape index (κ2) is 7.42. The average molecular weight is 314 g/mol. The molecule has 21 heavy (non-hydrogen) atoms. The van der Waals surface area contributed by atoms with Crippen LogP contribution in [0.3, 0.4) is 0 Å². The fourth-order valence-corrected chi connectivity index (χ4v) is 2.61. The Kier molecular flexibility index (Phi) is 6.17. The number of carbonyl (C=O) groups is 1. The van der Waals surface area contributed by atoms with Crippen LogP contribution >= 0.6 is 0 Å². The van der Waals surface area contributed by atoms with Gasteiger partial charge in [0, 0.05) is 11.6 Å². The van der Waals surface area contributed by atoms with Crippen molar-refractivity contribution in [2.45, 2.75) is 44.6 Å². The molecule has 1 amide bonds. The molecule has 7 heteroatoms. The van der Waals surface area contributed by atoms with Crippen LogP contribution in [0.5, 0.6) is 5.75 Å². The highest BCUT2D eigenvalue weighted by atomic mass is 32.2. The molecule has 0 fully saturated rings. The van der Waals surface area contributed by atoms with Gasteiger partial charge in [0.1, 0.15) is 10.6 Å². The molecular weight excluding hydrogens is 292 g/mol. The lowest BCUT2D eigenvalue weighted by atomic mass is 10.1. The summed E-state index contributed by atoms with van der Waals surface area (Å²) in [6, 6.07) is 4.28. The molecule has 118 valence electrons. The van der Waals surface area contributed by atoms with Gasteiger partial charge in [0.15, 0.2) is 0 Å². The van der Waals surface area contributed by atoms with Gasteiger partial charge in [0.25, 0.3) is 5.91 Å². The number of hydrogen-bond acceptors (Lipinski definition) is 4. The summed E-state index contributed by atoms with van der Waals surface area (Å²) in [5.74, 6) is -0.171. The van der Waals surface area contributed by atoms with Crippen molar-refractivity contribution in [3.8, 4) is 5.75 Å². The van der Waals surface area contributed by atoms with Crippen molar-refractivity contribution in [3.63, 3.8) is 0 Å². The average Bonchev–Trinajstić information content (AvgIpc) is 2.44. The highest BCUT2D eigenvalue weighted by Crippen LogP contribution is 2.24. The second-order valence-electron chi connectivity index (χ2n) is 4.63. The third kappa shape index (κ3) is 4.71. The van der Waals surface area contributed by atoms with E-state index in [1.165, 1.54) is 18.2 Å². The topological polar surface area (TPSA) is 98.5 Å². The molecule has 0 atom stereocenters. The van der Waals surface area contributed by atoms with E-state index >= 15 is 0 Å². The molecule has 0 radical (unpaired) electrons. The highest BCUT2D eigenvalue weighted by Gasteiger charge is 2.19. The van der Waals surface area contributed by atoms with E-state index in [2.05, 4.69) is 5.32 Å². The molecule has 1 aromatic carbocycles. The number of nitrogens with one attached hydrogen (secondary N) is 1. The van der Waals surface area contributed by atoms with Gasteiger partial charge in [-0.3, -0.25) is 4.79 Å². The minimum atomic E-state index is -3.96. The minimum absolute atomic E-state index is 0.0574. The van der Waals surface area contributed by atoms with Gasteiger partial charge in [-0.25, -0.2) is 13.6 Å². The molecule has 0 aliphatic rings. The zero-order chi connectivity index (χ0) is 16.0. The van der Waals surface area contributed by atoms with Crippen LogP contribution < -0.4 is 15.2 Å². The molecule has 0 aliphatic heterocycles. The molecule has 6 nitrogen and oxygen atoms in total. The summed E-state index contributed by atoms with van der Waals surface area (Å²) < 4.78 is 28.4. The summed E-state index contributed by atoms with van der Waals surface area (Å²) in [7, 11) is -3.96. The fourth-order valence-electron chi connectivity index (χ4n) is 1.91. The van der Waals surface area contributed by atoms with Crippen molar-refractivity contribution >= 4 is 15.9 Å². The Morgan fingerprint density at radius 2 is 1.90 bits per heavy atom. The first-order chi connectivity index (χ1) is 9.83. The number of rotatable bonds is 7. The van der Waals surface area contributed by atoms with Crippen LogP contribution in [0.4, 0.5) is 0 Å².